The zero-order chi connectivity index (χ0) is 18.4. The van der Waals surface area contributed by atoms with Crippen LogP contribution in [0.3, 0.4) is 0 Å². The zero-order valence-electron chi connectivity index (χ0n) is 14.2. The molecule has 0 aliphatic heterocycles. The Bertz CT molecular complexity index is 923. The van der Waals surface area contributed by atoms with Crippen molar-refractivity contribution in [1.82, 2.24) is 0 Å². The van der Waals surface area contributed by atoms with E-state index in [0.717, 1.165) is 0 Å². The van der Waals surface area contributed by atoms with Crippen LogP contribution in [0, 0.1) is 0 Å². The Hall–Kier alpha value is -3.60. The molecule has 3 rings (SSSR count). The van der Waals surface area contributed by atoms with Gasteiger partial charge in [0.2, 0.25) is 0 Å². The lowest BCUT2D eigenvalue weighted by Gasteiger charge is -2.09. The van der Waals surface area contributed by atoms with Gasteiger partial charge in [0.05, 0.1) is 7.11 Å². The third kappa shape index (κ3) is 4.27. The van der Waals surface area contributed by atoms with Crippen molar-refractivity contribution >= 4 is 23.2 Å². The maximum atomic E-state index is 12.4. The van der Waals surface area contributed by atoms with Gasteiger partial charge in [0.1, 0.15) is 5.75 Å². The van der Waals surface area contributed by atoms with E-state index in [1.807, 2.05) is 30.3 Å². The number of hydrogen-bond acceptors (Lipinski definition) is 3. The van der Waals surface area contributed by atoms with E-state index in [0.29, 0.717) is 28.3 Å². The second-order valence-electron chi connectivity index (χ2n) is 5.59. The van der Waals surface area contributed by atoms with Gasteiger partial charge in [-0.05, 0) is 48.5 Å². The number of benzene rings is 3. The quantitative estimate of drug-likeness (QED) is 0.727. The largest absolute Gasteiger partial charge is 0.497 e. The summed E-state index contributed by atoms with van der Waals surface area (Å²) in [6.07, 6.45) is 0. The van der Waals surface area contributed by atoms with Gasteiger partial charge in [0.15, 0.2) is 0 Å². The molecule has 0 atom stereocenters. The molecule has 5 nitrogen and oxygen atoms in total. The van der Waals surface area contributed by atoms with Crippen LogP contribution >= 0.6 is 0 Å². The molecular formula is C21H18N2O3. The maximum Gasteiger partial charge on any atom is 0.255 e. The van der Waals surface area contributed by atoms with Crippen LogP contribution in [-0.4, -0.2) is 18.9 Å². The van der Waals surface area contributed by atoms with Crippen molar-refractivity contribution < 1.29 is 14.3 Å². The van der Waals surface area contributed by atoms with Gasteiger partial charge in [-0.25, -0.2) is 0 Å². The predicted octanol–water partition coefficient (Wildman–Crippen LogP) is 4.20. The Balaban J connectivity index is 1.72. The number of rotatable bonds is 5. The summed E-state index contributed by atoms with van der Waals surface area (Å²) in [6.45, 7) is 0. The van der Waals surface area contributed by atoms with Crippen molar-refractivity contribution in [1.29, 1.82) is 0 Å². The molecule has 0 saturated carbocycles. The van der Waals surface area contributed by atoms with Gasteiger partial charge in [-0.15, -0.1) is 0 Å². The van der Waals surface area contributed by atoms with Gasteiger partial charge in [-0.3, -0.25) is 9.59 Å². The minimum atomic E-state index is -0.274. The van der Waals surface area contributed by atoms with E-state index >= 15 is 0 Å². The number of hydrogen-bond donors (Lipinski definition) is 2. The van der Waals surface area contributed by atoms with Crippen molar-refractivity contribution in [2.24, 2.45) is 0 Å². The van der Waals surface area contributed by atoms with Gasteiger partial charge in [-0.1, -0.05) is 30.3 Å². The number of amides is 2. The first kappa shape index (κ1) is 17.2. The Morgan fingerprint density at radius 3 is 1.96 bits per heavy atom. The van der Waals surface area contributed by atoms with Gasteiger partial charge in [0, 0.05) is 22.5 Å². The molecule has 0 bridgehead atoms. The highest BCUT2D eigenvalue weighted by Crippen LogP contribution is 2.17. The number of carbonyl (C=O) groups excluding carboxylic acids is 2. The van der Waals surface area contributed by atoms with E-state index in [1.54, 1.807) is 55.6 Å². The van der Waals surface area contributed by atoms with Gasteiger partial charge >= 0.3 is 0 Å². The first-order valence-electron chi connectivity index (χ1n) is 8.07. The smallest absolute Gasteiger partial charge is 0.255 e. The number of methoxy groups -OCH3 is 1. The van der Waals surface area contributed by atoms with Crippen LogP contribution < -0.4 is 15.4 Å². The summed E-state index contributed by atoms with van der Waals surface area (Å²) in [7, 11) is 1.55. The molecule has 5 heteroatoms. The van der Waals surface area contributed by atoms with Crippen molar-refractivity contribution in [2.75, 3.05) is 17.7 Å². The van der Waals surface area contributed by atoms with Crippen LogP contribution in [0.5, 0.6) is 5.75 Å². The van der Waals surface area contributed by atoms with Crippen LogP contribution in [0.2, 0.25) is 0 Å². The monoisotopic (exact) mass is 346 g/mol. The van der Waals surface area contributed by atoms with Crippen LogP contribution in [0.1, 0.15) is 20.7 Å². The molecule has 0 aliphatic rings. The topological polar surface area (TPSA) is 67.4 Å². The van der Waals surface area contributed by atoms with Gasteiger partial charge in [0.25, 0.3) is 11.8 Å². The van der Waals surface area contributed by atoms with E-state index in [9.17, 15) is 9.59 Å². The standard InChI is InChI=1S/C21H18N2O3/c1-26-19-12-6-8-16(14-19)21(25)23-18-11-5-7-15(13-18)20(24)22-17-9-3-2-4-10-17/h2-14H,1H3,(H,22,24)(H,23,25). The predicted molar refractivity (Wildman–Crippen MR) is 102 cm³/mol. The SMILES string of the molecule is COc1cccc(C(=O)Nc2cccc(C(=O)Nc3ccccc3)c2)c1. The number of para-hydroxylation sites is 1. The van der Waals surface area contributed by atoms with E-state index < -0.39 is 0 Å². The molecule has 0 aliphatic carbocycles. The Kier molecular flexibility index (Phi) is 5.29. The van der Waals surface area contributed by atoms with E-state index in [4.69, 9.17) is 4.74 Å². The van der Waals surface area contributed by atoms with Crippen LogP contribution in [0.25, 0.3) is 0 Å². The van der Waals surface area contributed by atoms with Crippen molar-refractivity contribution in [3.05, 3.63) is 90.0 Å². The Labute approximate surface area is 151 Å². The van der Waals surface area contributed by atoms with Crippen LogP contribution in [0.4, 0.5) is 11.4 Å². The summed E-state index contributed by atoms with van der Waals surface area (Å²) in [4.78, 5) is 24.8. The molecule has 3 aromatic carbocycles. The molecule has 130 valence electrons. The fraction of sp³-hybridized carbons (Fsp3) is 0.0476. The lowest BCUT2D eigenvalue weighted by molar-refractivity contribution is 0.101. The molecule has 26 heavy (non-hydrogen) atoms. The zero-order valence-corrected chi connectivity index (χ0v) is 14.2. The maximum absolute atomic E-state index is 12.4. The first-order chi connectivity index (χ1) is 12.7. The fourth-order valence-corrected chi connectivity index (χ4v) is 2.43. The van der Waals surface area contributed by atoms with Crippen molar-refractivity contribution in [2.45, 2.75) is 0 Å². The van der Waals surface area contributed by atoms with Gasteiger partial charge in [-0.2, -0.15) is 0 Å². The van der Waals surface area contributed by atoms with Crippen LogP contribution in [-0.2, 0) is 0 Å². The third-order valence-corrected chi connectivity index (χ3v) is 3.75. The highest BCUT2D eigenvalue weighted by Gasteiger charge is 2.10. The summed E-state index contributed by atoms with van der Waals surface area (Å²) < 4.78 is 5.13. The lowest BCUT2D eigenvalue weighted by Crippen LogP contribution is -2.14. The fourth-order valence-electron chi connectivity index (χ4n) is 2.43. The van der Waals surface area contributed by atoms with E-state index in [1.165, 1.54) is 0 Å². The van der Waals surface area contributed by atoms with Gasteiger partial charge < -0.3 is 15.4 Å². The lowest BCUT2D eigenvalue weighted by atomic mass is 10.1. The highest BCUT2D eigenvalue weighted by atomic mass is 16.5. The number of nitrogens with one attached hydrogen (secondary N) is 2. The molecular weight excluding hydrogens is 328 g/mol. The molecule has 2 N–H and O–H groups in total. The minimum Gasteiger partial charge on any atom is -0.497 e. The molecule has 0 unspecified atom stereocenters. The molecule has 0 fully saturated rings. The van der Waals surface area contributed by atoms with Crippen molar-refractivity contribution in [3.8, 4) is 5.75 Å². The molecule has 2 amide bonds. The summed E-state index contributed by atoms with van der Waals surface area (Å²) in [5.74, 6) is 0.0897. The first-order valence-corrected chi connectivity index (χ1v) is 8.07. The average Bonchev–Trinajstić information content (AvgIpc) is 2.69. The molecule has 0 radical (unpaired) electrons. The summed E-state index contributed by atoms with van der Waals surface area (Å²) in [5, 5.41) is 5.61. The molecule has 3 aromatic rings. The number of carbonyl (C=O) groups is 2. The third-order valence-electron chi connectivity index (χ3n) is 3.75. The number of anilines is 2. The number of ether oxygens (including phenoxy) is 1. The summed E-state index contributed by atoms with van der Waals surface area (Å²) in [5.41, 5.74) is 2.18. The Morgan fingerprint density at radius 2 is 1.27 bits per heavy atom. The van der Waals surface area contributed by atoms with E-state index in [2.05, 4.69) is 10.6 Å². The minimum absolute atomic E-state index is 0.242. The summed E-state index contributed by atoms with van der Waals surface area (Å²) in [6, 6.07) is 22.9. The second-order valence-corrected chi connectivity index (χ2v) is 5.59. The highest BCUT2D eigenvalue weighted by molar-refractivity contribution is 6.07. The normalized spacial score (nSPS) is 10.0. The van der Waals surface area contributed by atoms with Crippen molar-refractivity contribution in [3.63, 3.8) is 0 Å². The average molecular weight is 346 g/mol. The summed E-state index contributed by atoms with van der Waals surface area (Å²) >= 11 is 0. The second kappa shape index (κ2) is 7.98. The van der Waals surface area contributed by atoms with Crippen LogP contribution in [0.15, 0.2) is 78.9 Å². The molecule has 0 aromatic heterocycles. The molecule has 0 heterocycles. The molecule has 0 spiro atoms. The van der Waals surface area contributed by atoms with E-state index in [-0.39, 0.29) is 11.8 Å². The molecule has 0 saturated heterocycles. The Morgan fingerprint density at radius 1 is 0.692 bits per heavy atom.